The highest BCUT2D eigenvalue weighted by molar-refractivity contribution is 7.98. The number of rotatable bonds is 8. The van der Waals surface area contributed by atoms with Crippen molar-refractivity contribution in [2.45, 2.75) is 23.1 Å². The summed E-state index contributed by atoms with van der Waals surface area (Å²) < 4.78 is 5.47. The van der Waals surface area contributed by atoms with Crippen LogP contribution in [0, 0.1) is 0 Å². The van der Waals surface area contributed by atoms with Crippen LogP contribution in [0.25, 0.3) is 0 Å². The third-order valence-electron chi connectivity index (χ3n) is 4.31. The summed E-state index contributed by atoms with van der Waals surface area (Å²) in [6.45, 7) is 0. The Hall–Kier alpha value is -2.76. The standard InChI is InChI=1S/C23H24N2O2S/c1-27-22-15-19(28-16-18-10-6-3-7-11-18)12-13-21(22)25-23(26)20(24)14-17-8-4-2-5-9-17/h2-13,15,20H,14,16,24H2,1H3,(H,25,26)/t20-/m0/s1. The van der Waals surface area contributed by atoms with Crippen LogP contribution in [-0.2, 0) is 17.0 Å². The van der Waals surface area contributed by atoms with E-state index < -0.39 is 6.04 Å². The molecule has 3 aromatic rings. The maximum absolute atomic E-state index is 12.5. The number of nitrogens with two attached hydrogens (primary N) is 1. The van der Waals surface area contributed by atoms with Crippen LogP contribution in [0.3, 0.4) is 0 Å². The number of nitrogens with one attached hydrogen (secondary N) is 1. The number of hydrogen-bond acceptors (Lipinski definition) is 4. The molecule has 0 radical (unpaired) electrons. The minimum Gasteiger partial charge on any atom is -0.495 e. The number of carbonyl (C=O) groups is 1. The fourth-order valence-electron chi connectivity index (χ4n) is 2.79. The molecule has 0 saturated heterocycles. The average Bonchev–Trinajstić information content (AvgIpc) is 2.74. The monoisotopic (exact) mass is 392 g/mol. The molecule has 0 unspecified atom stereocenters. The fourth-order valence-corrected chi connectivity index (χ4v) is 3.67. The first-order chi connectivity index (χ1) is 13.7. The van der Waals surface area contributed by atoms with Crippen molar-refractivity contribution in [2.24, 2.45) is 5.73 Å². The lowest BCUT2D eigenvalue weighted by Crippen LogP contribution is -2.37. The molecule has 0 bridgehead atoms. The number of carbonyl (C=O) groups excluding carboxylic acids is 1. The molecule has 1 atom stereocenters. The summed E-state index contributed by atoms with van der Waals surface area (Å²) in [4.78, 5) is 13.6. The van der Waals surface area contributed by atoms with Crippen molar-refractivity contribution < 1.29 is 9.53 Å². The number of anilines is 1. The summed E-state index contributed by atoms with van der Waals surface area (Å²) in [7, 11) is 1.60. The summed E-state index contributed by atoms with van der Waals surface area (Å²) in [6.07, 6.45) is 0.486. The van der Waals surface area contributed by atoms with Crippen LogP contribution in [0.1, 0.15) is 11.1 Å². The fraction of sp³-hybridized carbons (Fsp3) is 0.174. The van der Waals surface area contributed by atoms with Crippen LogP contribution in [0.2, 0.25) is 0 Å². The Morgan fingerprint density at radius 1 is 1.00 bits per heavy atom. The second kappa shape index (κ2) is 9.97. The van der Waals surface area contributed by atoms with E-state index in [0.29, 0.717) is 17.9 Å². The zero-order valence-corrected chi connectivity index (χ0v) is 16.6. The van der Waals surface area contributed by atoms with Crippen molar-refractivity contribution in [1.29, 1.82) is 0 Å². The Balaban J connectivity index is 1.62. The Morgan fingerprint density at radius 3 is 2.29 bits per heavy atom. The molecule has 0 aromatic heterocycles. The summed E-state index contributed by atoms with van der Waals surface area (Å²) >= 11 is 1.72. The molecule has 0 spiro atoms. The normalized spacial score (nSPS) is 11.6. The van der Waals surface area contributed by atoms with E-state index in [1.54, 1.807) is 18.9 Å². The molecular formula is C23H24N2O2S. The smallest absolute Gasteiger partial charge is 0.241 e. The van der Waals surface area contributed by atoms with Gasteiger partial charge in [0.25, 0.3) is 0 Å². The van der Waals surface area contributed by atoms with Gasteiger partial charge in [-0.1, -0.05) is 60.7 Å². The van der Waals surface area contributed by atoms with E-state index in [4.69, 9.17) is 10.5 Å². The van der Waals surface area contributed by atoms with Gasteiger partial charge in [0, 0.05) is 10.6 Å². The SMILES string of the molecule is COc1cc(SCc2ccccc2)ccc1NC(=O)[C@@H](N)Cc1ccccc1. The van der Waals surface area contributed by atoms with Gasteiger partial charge in [0.1, 0.15) is 5.75 Å². The number of ether oxygens (including phenoxy) is 1. The molecule has 0 aliphatic heterocycles. The molecule has 3 aromatic carbocycles. The zero-order valence-electron chi connectivity index (χ0n) is 15.8. The number of thioether (sulfide) groups is 1. The van der Waals surface area contributed by atoms with Crippen LogP contribution >= 0.6 is 11.8 Å². The van der Waals surface area contributed by atoms with Crippen LogP contribution in [0.4, 0.5) is 5.69 Å². The van der Waals surface area contributed by atoms with E-state index in [1.807, 2.05) is 66.7 Å². The van der Waals surface area contributed by atoms with Gasteiger partial charge in [-0.3, -0.25) is 4.79 Å². The molecule has 1 amide bonds. The number of amides is 1. The van der Waals surface area contributed by atoms with E-state index in [2.05, 4.69) is 17.4 Å². The largest absolute Gasteiger partial charge is 0.495 e. The molecule has 0 saturated carbocycles. The lowest BCUT2D eigenvalue weighted by molar-refractivity contribution is -0.117. The quantitative estimate of drug-likeness (QED) is 0.554. The second-order valence-corrected chi connectivity index (χ2v) is 7.47. The highest BCUT2D eigenvalue weighted by Gasteiger charge is 2.16. The van der Waals surface area contributed by atoms with Crippen molar-refractivity contribution >= 4 is 23.4 Å². The van der Waals surface area contributed by atoms with Gasteiger partial charge in [-0.2, -0.15) is 0 Å². The number of benzene rings is 3. The van der Waals surface area contributed by atoms with Crippen molar-refractivity contribution in [3.05, 3.63) is 90.0 Å². The minimum atomic E-state index is -0.626. The molecule has 28 heavy (non-hydrogen) atoms. The predicted octanol–water partition coefficient (Wildman–Crippen LogP) is 4.50. The van der Waals surface area contributed by atoms with E-state index in [0.717, 1.165) is 16.2 Å². The van der Waals surface area contributed by atoms with Crippen LogP contribution in [-0.4, -0.2) is 19.1 Å². The highest BCUT2D eigenvalue weighted by Crippen LogP contribution is 2.32. The Bertz CT molecular complexity index is 901. The topological polar surface area (TPSA) is 64.3 Å². The first kappa shape index (κ1) is 20.0. The second-order valence-electron chi connectivity index (χ2n) is 6.42. The molecule has 5 heteroatoms. The van der Waals surface area contributed by atoms with Gasteiger partial charge in [0.2, 0.25) is 5.91 Å². The lowest BCUT2D eigenvalue weighted by atomic mass is 10.1. The number of hydrogen-bond donors (Lipinski definition) is 2. The first-order valence-electron chi connectivity index (χ1n) is 9.11. The molecule has 4 nitrogen and oxygen atoms in total. The Labute approximate surface area is 170 Å². The summed E-state index contributed by atoms with van der Waals surface area (Å²) in [5, 5.41) is 2.88. The molecular weight excluding hydrogens is 368 g/mol. The van der Waals surface area contributed by atoms with Gasteiger partial charge in [-0.25, -0.2) is 0 Å². The van der Waals surface area contributed by atoms with Crippen LogP contribution < -0.4 is 15.8 Å². The minimum absolute atomic E-state index is 0.230. The summed E-state index contributed by atoms with van der Waals surface area (Å²) in [5.74, 6) is 1.27. The van der Waals surface area contributed by atoms with Gasteiger partial charge >= 0.3 is 0 Å². The Morgan fingerprint density at radius 2 is 1.64 bits per heavy atom. The molecule has 144 valence electrons. The predicted molar refractivity (Wildman–Crippen MR) is 116 cm³/mol. The highest BCUT2D eigenvalue weighted by atomic mass is 32.2. The molecule has 3 N–H and O–H groups in total. The van der Waals surface area contributed by atoms with Crippen LogP contribution in [0.5, 0.6) is 5.75 Å². The van der Waals surface area contributed by atoms with Crippen molar-refractivity contribution in [3.63, 3.8) is 0 Å². The van der Waals surface area contributed by atoms with Crippen LogP contribution in [0.15, 0.2) is 83.8 Å². The third-order valence-corrected chi connectivity index (χ3v) is 5.38. The third kappa shape index (κ3) is 5.62. The van der Waals surface area contributed by atoms with E-state index in [-0.39, 0.29) is 5.91 Å². The average molecular weight is 393 g/mol. The van der Waals surface area contributed by atoms with E-state index >= 15 is 0 Å². The van der Waals surface area contributed by atoms with Gasteiger partial charge < -0.3 is 15.8 Å². The van der Waals surface area contributed by atoms with Gasteiger partial charge in [-0.05, 0) is 35.7 Å². The van der Waals surface area contributed by atoms with Crippen molar-refractivity contribution in [3.8, 4) is 5.75 Å². The molecule has 0 fully saturated rings. The lowest BCUT2D eigenvalue weighted by Gasteiger charge is -2.15. The van der Waals surface area contributed by atoms with Gasteiger partial charge in [0.05, 0.1) is 18.8 Å². The summed E-state index contributed by atoms with van der Waals surface area (Å²) in [6, 6.07) is 25.2. The molecule has 0 aliphatic rings. The van der Waals surface area contributed by atoms with Gasteiger partial charge in [0.15, 0.2) is 0 Å². The zero-order chi connectivity index (χ0) is 19.8. The first-order valence-corrected chi connectivity index (χ1v) is 10.1. The molecule has 0 heterocycles. The summed E-state index contributed by atoms with van der Waals surface area (Å²) in [5.41, 5.74) is 8.99. The number of methoxy groups -OCH3 is 1. The maximum atomic E-state index is 12.5. The van der Waals surface area contributed by atoms with Crippen molar-refractivity contribution in [1.82, 2.24) is 0 Å². The van der Waals surface area contributed by atoms with Gasteiger partial charge in [-0.15, -0.1) is 11.8 Å². The van der Waals surface area contributed by atoms with Crippen molar-refractivity contribution in [2.75, 3.05) is 12.4 Å². The molecule has 3 rings (SSSR count). The Kier molecular flexibility index (Phi) is 7.12. The van der Waals surface area contributed by atoms with E-state index in [1.165, 1.54) is 5.56 Å². The molecule has 0 aliphatic carbocycles. The van der Waals surface area contributed by atoms with E-state index in [9.17, 15) is 4.79 Å². The maximum Gasteiger partial charge on any atom is 0.241 e.